The molecule has 1 aliphatic carbocycles. The van der Waals surface area contributed by atoms with Crippen LogP contribution in [0.3, 0.4) is 0 Å². The summed E-state index contributed by atoms with van der Waals surface area (Å²) in [5.74, 6) is -0.358. The number of benzene rings is 2. The van der Waals surface area contributed by atoms with Crippen molar-refractivity contribution in [3.63, 3.8) is 0 Å². The molecule has 5 nitrogen and oxygen atoms in total. The van der Waals surface area contributed by atoms with Gasteiger partial charge in [-0.25, -0.2) is 0 Å². The van der Waals surface area contributed by atoms with Gasteiger partial charge in [0.2, 0.25) is 4.73 Å². The lowest BCUT2D eigenvalue weighted by Gasteiger charge is -2.20. The highest BCUT2D eigenvalue weighted by Gasteiger charge is 2.33. The first-order valence-corrected chi connectivity index (χ1v) is 10.5. The first-order valence-electron chi connectivity index (χ1n) is 8.54. The van der Waals surface area contributed by atoms with Crippen LogP contribution in [-0.2, 0) is 4.79 Å². The quantitative estimate of drug-likeness (QED) is 0.491. The summed E-state index contributed by atoms with van der Waals surface area (Å²) in [5.41, 5.74) is 2.03. The molecule has 0 spiro atoms. The Hall–Kier alpha value is -1.57. The van der Waals surface area contributed by atoms with Crippen molar-refractivity contribution < 1.29 is 9.90 Å². The summed E-state index contributed by atoms with van der Waals surface area (Å²) in [6.07, 6.45) is 2.37. The van der Waals surface area contributed by atoms with Gasteiger partial charge in [0.05, 0.1) is 10.7 Å². The SMILES string of the molecule is CC(C)(Sc1nnc(Br)n1-c1c(Cl)cc(C2CC2)c2ccccc12)C(=O)O. The third-order valence-electron chi connectivity index (χ3n) is 4.70. The molecule has 3 aromatic rings. The molecule has 0 aliphatic heterocycles. The van der Waals surface area contributed by atoms with E-state index in [0.717, 1.165) is 28.2 Å². The van der Waals surface area contributed by atoms with Crippen molar-refractivity contribution in [1.82, 2.24) is 14.8 Å². The van der Waals surface area contributed by atoms with Crippen LogP contribution in [0.15, 0.2) is 40.2 Å². The molecule has 0 unspecified atom stereocenters. The van der Waals surface area contributed by atoms with Gasteiger partial charge in [-0.3, -0.25) is 9.36 Å². The topological polar surface area (TPSA) is 68.0 Å². The van der Waals surface area contributed by atoms with E-state index in [2.05, 4.69) is 32.2 Å². The molecule has 1 fully saturated rings. The third kappa shape index (κ3) is 3.37. The summed E-state index contributed by atoms with van der Waals surface area (Å²) in [4.78, 5) is 11.6. The number of fused-ring (bicyclic) bond motifs is 1. The van der Waals surface area contributed by atoms with Gasteiger partial charge >= 0.3 is 5.97 Å². The van der Waals surface area contributed by atoms with Gasteiger partial charge in [-0.2, -0.15) is 0 Å². The first kappa shape index (κ1) is 18.8. The Morgan fingerprint density at radius 3 is 2.59 bits per heavy atom. The maximum atomic E-state index is 11.6. The number of rotatable bonds is 5. The highest BCUT2D eigenvalue weighted by atomic mass is 79.9. The number of aromatic nitrogens is 3. The van der Waals surface area contributed by atoms with Crippen LogP contribution >= 0.6 is 39.3 Å². The third-order valence-corrected chi connectivity index (χ3v) is 6.63. The van der Waals surface area contributed by atoms with E-state index in [-0.39, 0.29) is 0 Å². The van der Waals surface area contributed by atoms with Crippen LogP contribution in [0.4, 0.5) is 0 Å². The van der Waals surface area contributed by atoms with Crippen LogP contribution < -0.4 is 0 Å². The maximum Gasteiger partial charge on any atom is 0.319 e. The van der Waals surface area contributed by atoms with Gasteiger partial charge in [0.15, 0.2) is 5.16 Å². The van der Waals surface area contributed by atoms with Gasteiger partial charge in [-0.1, -0.05) is 47.6 Å². The number of carboxylic acids is 1. The predicted molar refractivity (Wildman–Crippen MR) is 111 cm³/mol. The average molecular weight is 467 g/mol. The summed E-state index contributed by atoms with van der Waals surface area (Å²) in [6.45, 7) is 3.28. The molecule has 0 bridgehead atoms. The molecule has 1 N–H and O–H groups in total. The minimum atomic E-state index is -1.06. The van der Waals surface area contributed by atoms with Crippen molar-refractivity contribution in [1.29, 1.82) is 0 Å². The van der Waals surface area contributed by atoms with Gasteiger partial charge < -0.3 is 5.11 Å². The number of carbonyl (C=O) groups is 1. The fourth-order valence-corrected chi connectivity index (χ4v) is 4.83. The molecule has 0 radical (unpaired) electrons. The standard InChI is InChI=1S/C19H17BrClN3O2S/c1-19(2,16(25)26)27-18-23-22-17(20)24(18)15-12-6-4-3-5-11(12)13(9-14(15)21)10-7-8-10/h3-6,9-10H,7-8H2,1-2H3,(H,25,26). The van der Waals surface area contributed by atoms with E-state index in [1.54, 1.807) is 18.4 Å². The molecule has 4 rings (SSSR count). The molecule has 0 atom stereocenters. The summed E-state index contributed by atoms with van der Waals surface area (Å²) < 4.78 is 1.22. The molecule has 140 valence electrons. The lowest BCUT2D eigenvalue weighted by Crippen LogP contribution is -2.27. The number of thioether (sulfide) groups is 1. The van der Waals surface area contributed by atoms with Crippen molar-refractivity contribution in [2.45, 2.75) is 42.5 Å². The van der Waals surface area contributed by atoms with Gasteiger partial charge in [-0.15, -0.1) is 10.2 Å². The highest BCUT2D eigenvalue weighted by molar-refractivity contribution is 9.10. The Morgan fingerprint density at radius 2 is 1.96 bits per heavy atom. The fraction of sp³-hybridized carbons (Fsp3) is 0.316. The molecule has 27 heavy (non-hydrogen) atoms. The van der Waals surface area contributed by atoms with E-state index in [1.165, 1.54) is 18.4 Å². The van der Waals surface area contributed by atoms with Crippen molar-refractivity contribution >= 4 is 56.0 Å². The number of halogens is 2. The van der Waals surface area contributed by atoms with E-state index >= 15 is 0 Å². The number of nitrogens with zero attached hydrogens (tertiary/aromatic N) is 3. The second-order valence-corrected chi connectivity index (χ2v) is 9.83. The Labute approximate surface area is 174 Å². The van der Waals surface area contributed by atoms with Crippen LogP contribution in [0.25, 0.3) is 16.5 Å². The lowest BCUT2D eigenvalue weighted by molar-refractivity contribution is -0.138. The van der Waals surface area contributed by atoms with Crippen LogP contribution in [0.2, 0.25) is 5.02 Å². The molecule has 0 amide bonds. The molecule has 1 aromatic heterocycles. The molecule has 0 saturated heterocycles. The van der Waals surface area contributed by atoms with Crippen molar-refractivity contribution in [3.05, 3.63) is 45.7 Å². The number of hydrogen-bond acceptors (Lipinski definition) is 4. The minimum absolute atomic E-state index is 0.473. The van der Waals surface area contributed by atoms with Crippen molar-refractivity contribution in [2.24, 2.45) is 0 Å². The molecule has 1 aliphatic rings. The minimum Gasteiger partial charge on any atom is -0.480 e. The molecule has 2 aromatic carbocycles. The summed E-state index contributed by atoms with van der Waals surface area (Å²) in [7, 11) is 0. The smallest absolute Gasteiger partial charge is 0.319 e. The number of carboxylic acid groups (broad SMARTS) is 1. The predicted octanol–water partition coefficient (Wildman–Crippen LogP) is 5.67. The van der Waals surface area contributed by atoms with E-state index in [0.29, 0.717) is 20.8 Å². The van der Waals surface area contributed by atoms with Gasteiger partial charge in [0.25, 0.3) is 0 Å². The molecular formula is C19H17BrClN3O2S. The Balaban J connectivity index is 1.94. The van der Waals surface area contributed by atoms with E-state index in [9.17, 15) is 9.90 Å². The van der Waals surface area contributed by atoms with Gasteiger partial charge in [0.1, 0.15) is 4.75 Å². The van der Waals surface area contributed by atoms with Crippen molar-refractivity contribution in [2.75, 3.05) is 0 Å². The highest BCUT2D eigenvalue weighted by Crippen LogP contribution is 2.47. The zero-order valence-electron chi connectivity index (χ0n) is 14.7. The van der Waals surface area contributed by atoms with E-state index < -0.39 is 10.7 Å². The second kappa shape index (κ2) is 6.79. The van der Waals surface area contributed by atoms with Gasteiger partial charge in [0, 0.05) is 5.39 Å². The number of hydrogen-bond donors (Lipinski definition) is 1. The zero-order valence-corrected chi connectivity index (χ0v) is 17.9. The second-order valence-electron chi connectivity index (χ2n) is 7.12. The zero-order chi connectivity index (χ0) is 19.3. The van der Waals surface area contributed by atoms with Gasteiger partial charge in [-0.05, 0) is 65.6 Å². The number of aliphatic carboxylic acids is 1. The first-order chi connectivity index (χ1) is 12.8. The largest absolute Gasteiger partial charge is 0.480 e. The van der Waals surface area contributed by atoms with Crippen LogP contribution in [-0.4, -0.2) is 30.6 Å². The van der Waals surface area contributed by atoms with Crippen LogP contribution in [0, 0.1) is 0 Å². The van der Waals surface area contributed by atoms with E-state index in [1.807, 2.05) is 24.3 Å². The Morgan fingerprint density at radius 1 is 1.30 bits per heavy atom. The lowest BCUT2D eigenvalue weighted by atomic mass is 9.99. The summed E-state index contributed by atoms with van der Waals surface area (Å²) in [6, 6.07) is 10.2. The van der Waals surface area contributed by atoms with Crippen LogP contribution in [0.5, 0.6) is 0 Å². The Bertz CT molecular complexity index is 1060. The summed E-state index contributed by atoms with van der Waals surface area (Å²) in [5, 5.41) is 21.0. The monoisotopic (exact) mass is 465 g/mol. The molecule has 8 heteroatoms. The maximum absolute atomic E-state index is 11.6. The van der Waals surface area contributed by atoms with Crippen LogP contribution in [0.1, 0.15) is 38.2 Å². The molecule has 1 saturated carbocycles. The normalized spacial score (nSPS) is 14.7. The summed E-state index contributed by atoms with van der Waals surface area (Å²) >= 11 is 11.3. The average Bonchev–Trinajstić information content (AvgIpc) is 3.40. The Kier molecular flexibility index (Phi) is 4.72. The van der Waals surface area contributed by atoms with E-state index in [4.69, 9.17) is 11.6 Å². The molecular weight excluding hydrogens is 450 g/mol. The van der Waals surface area contributed by atoms with Crippen molar-refractivity contribution in [3.8, 4) is 5.69 Å². The molecule has 1 heterocycles. The fourth-order valence-electron chi connectivity index (χ4n) is 3.09.